The van der Waals surface area contributed by atoms with Crippen molar-refractivity contribution < 1.29 is 17.6 Å². The van der Waals surface area contributed by atoms with Crippen molar-refractivity contribution in [3.05, 3.63) is 59.2 Å². The molecule has 3 aromatic heterocycles. The summed E-state index contributed by atoms with van der Waals surface area (Å²) in [4.78, 5) is 15.5. The normalized spacial score (nSPS) is 11.5. The van der Waals surface area contributed by atoms with Gasteiger partial charge in [-0.05, 0) is 12.1 Å². The van der Waals surface area contributed by atoms with Gasteiger partial charge >= 0.3 is 0 Å². The van der Waals surface area contributed by atoms with Crippen molar-refractivity contribution in [2.24, 2.45) is 0 Å². The zero-order valence-electron chi connectivity index (χ0n) is 12.5. The molecule has 0 atom stereocenters. The number of imidazole rings is 1. The summed E-state index contributed by atoms with van der Waals surface area (Å²) in [7, 11) is 0. The Bertz CT molecular complexity index is 849. The smallest absolute Gasteiger partial charge is 0.281 e. The molecule has 0 N–H and O–H groups in total. The van der Waals surface area contributed by atoms with Crippen LogP contribution in [-0.2, 0) is 6.54 Å². The Morgan fingerprint density at radius 3 is 2.16 bits per heavy atom. The minimum atomic E-state index is -2.78. The molecule has 0 amide bonds. The van der Waals surface area contributed by atoms with Crippen LogP contribution in [0.3, 0.4) is 0 Å². The summed E-state index contributed by atoms with van der Waals surface area (Å²) in [6, 6.07) is 2.48. The molecule has 0 saturated heterocycles. The van der Waals surface area contributed by atoms with Crippen molar-refractivity contribution in [3.63, 3.8) is 0 Å². The van der Waals surface area contributed by atoms with E-state index in [4.69, 9.17) is 11.6 Å². The van der Waals surface area contributed by atoms with E-state index in [-0.39, 0.29) is 12.4 Å². The van der Waals surface area contributed by atoms with E-state index in [2.05, 4.69) is 19.9 Å². The van der Waals surface area contributed by atoms with Crippen LogP contribution in [0.1, 0.15) is 30.1 Å². The van der Waals surface area contributed by atoms with Gasteiger partial charge in [-0.3, -0.25) is 4.98 Å². The van der Waals surface area contributed by atoms with Crippen LogP contribution >= 0.6 is 11.6 Å². The Labute approximate surface area is 144 Å². The molecule has 0 aliphatic heterocycles. The van der Waals surface area contributed by atoms with Gasteiger partial charge in [0.1, 0.15) is 23.0 Å². The fraction of sp³-hybridized carbons (Fsp3) is 0.200. The molecule has 0 fully saturated rings. The van der Waals surface area contributed by atoms with Gasteiger partial charge in [0.15, 0.2) is 0 Å². The zero-order chi connectivity index (χ0) is 18.0. The van der Waals surface area contributed by atoms with Crippen LogP contribution in [-0.4, -0.2) is 24.5 Å². The first kappa shape index (κ1) is 17.3. The first-order chi connectivity index (χ1) is 11.9. The fourth-order valence-electron chi connectivity index (χ4n) is 2.13. The number of hydrogen-bond donors (Lipinski definition) is 0. The van der Waals surface area contributed by atoms with E-state index in [1.807, 2.05) is 0 Å². The lowest BCUT2D eigenvalue weighted by atomic mass is 10.2. The number of rotatable bonds is 5. The van der Waals surface area contributed by atoms with E-state index in [1.54, 1.807) is 0 Å². The molecular weight excluding hydrogens is 362 g/mol. The highest BCUT2D eigenvalue weighted by Crippen LogP contribution is 2.26. The first-order valence-electron chi connectivity index (χ1n) is 7.00. The number of nitrogens with zero attached hydrogens (tertiary/aromatic N) is 5. The van der Waals surface area contributed by atoms with Gasteiger partial charge in [0.2, 0.25) is 0 Å². The number of halogens is 5. The van der Waals surface area contributed by atoms with Crippen molar-refractivity contribution in [3.8, 4) is 11.4 Å². The molecule has 3 rings (SSSR count). The third-order valence-electron chi connectivity index (χ3n) is 3.27. The van der Waals surface area contributed by atoms with Gasteiger partial charge in [-0.15, -0.1) is 0 Å². The number of alkyl halides is 4. The molecule has 5 nitrogen and oxygen atoms in total. The fourth-order valence-corrected chi connectivity index (χ4v) is 2.23. The highest BCUT2D eigenvalue weighted by molar-refractivity contribution is 6.30. The second-order valence-electron chi connectivity index (χ2n) is 5.01. The van der Waals surface area contributed by atoms with Gasteiger partial charge in [-0.25, -0.2) is 32.5 Å². The van der Waals surface area contributed by atoms with E-state index >= 15 is 0 Å². The van der Waals surface area contributed by atoms with E-state index in [0.29, 0.717) is 16.4 Å². The summed E-state index contributed by atoms with van der Waals surface area (Å²) in [5.41, 5.74) is -0.524. The Balaban J connectivity index is 1.98. The second-order valence-corrected chi connectivity index (χ2v) is 5.44. The first-order valence-corrected chi connectivity index (χ1v) is 7.38. The van der Waals surface area contributed by atoms with Crippen molar-refractivity contribution in [2.45, 2.75) is 19.4 Å². The van der Waals surface area contributed by atoms with E-state index in [9.17, 15) is 17.6 Å². The maximum absolute atomic E-state index is 13.0. The molecule has 0 spiro atoms. The standard InChI is InChI=1S/C15H10ClF4N5/c16-9-4-22-12(23-5-9)7-25-6-11(14(19)20)24-15(25)8-1-2-10(13(17)18)21-3-8/h1-6,13-14H,7H2. The van der Waals surface area contributed by atoms with Crippen molar-refractivity contribution in [1.82, 2.24) is 24.5 Å². The van der Waals surface area contributed by atoms with Gasteiger partial charge in [0, 0.05) is 30.4 Å². The molecule has 3 heterocycles. The van der Waals surface area contributed by atoms with Crippen molar-refractivity contribution >= 4 is 11.6 Å². The van der Waals surface area contributed by atoms with Crippen LogP contribution in [0.5, 0.6) is 0 Å². The molecule has 0 bridgehead atoms. The molecule has 25 heavy (non-hydrogen) atoms. The molecule has 0 unspecified atom stereocenters. The molecule has 130 valence electrons. The van der Waals surface area contributed by atoms with Gasteiger partial charge in [-0.1, -0.05) is 11.6 Å². The second kappa shape index (κ2) is 7.14. The zero-order valence-corrected chi connectivity index (χ0v) is 13.2. The van der Waals surface area contributed by atoms with Gasteiger partial charge in [0.25, 0.3) is 12.9 Å². The Kier molecular flexibility index (Phi) is 4.93. The van der Waals surface area contributed by atoms with Crippen LogP contribution in [0.15, 0.2) is 36.9 Å². The lowest BCUT2D eigenvalue weighted by Crippen LogP contribution is -2.05. The van der Waals surface area contributed by atoms with Crippen LogP contribution in [0, 0.1) is 0 Å². The predicted octanol–water partition coefficient (Wildman–Crippen LogP) is 4.31. The maximum atomic E-state index is 13.0. The molecular formula is C15H10ClF4N5. The molecule has 3 aromatic rings. The minimum Gasteiger partial charge on any atom is -0.323 e. The Morgan fingerprint density at radius 2 is 1.60 bits per heavy atom. The SMILES string of the molecule is FC(F)c1ccc(-c2nc(C(F)F)cn2Cc2ncc(Cl)cn2)cn1. The van der Waals surface area contributed by atoms with Gasteiger partial charge in [-0.2, -0.15) is 0 Å². The van der Waals surface area contributed by atoms with E-state index in [0.717, 1.165) is 12.3 Å². The quantitative estimate of drug-likeness (QED) is 0.627. The average Bonchev–Trinajstić information content (AvgIpc) is 3.01. The lowest BCUT2D eigenvalue weighted by molar-refractivity contribution is 0.146. The Morgan fingerprint density at radius 1 is 0.920 bits per heavy atom. The highest BCUT2D eigenvalue weighted by atomic mass is 35.5. The summed E-state index contributed by atoms with van der Waals surface area (Å²) >= 11 is 5.71. The average molecular weight is 372 g/mol. The van der Waals surface area contributed by atoms with Crippen LogP contribution in [0.2, 0.25) is 5.02 Å². The van der Waals surface area contributed by atoms with E-state index < -0.39 is 24.2 Å². The van der Waals surface area contributed by atoms with Crippen LogP contribution in [0.25, 0.3) is 11.4 Å². The number of pyridine rings is 1. The summed E-state index contributed by atoms with van der Waals surface area (Å²) in [6.07, 6.45) is -0.398. The highest BCUT2D eigenvalue weighted by Gasteiger charge is 2.18. The monoisotopic (exact) mass is 371 g/mol. The molecule has 0 radical (unpaired) electrons. The molecule has 0 aliphatic carbocycles. The van der Waals surface area contributed by atoms with Gasteiger partial charge in [0.05, 0.1) is 11.6 Å². The summed E-state index contributed by atoms with van der Waals surface area (Å²) in [5, 5.41) is 0.342. The lowest BCUT2D eigenvalue weighted by Gasteiger charge is -2.07. The third kappa shape index (κ3) is 3.93. The summed E-state index contributed by atoms with van der Waals surface area (Å²) in [6.45, 7) is 0.0584. The van der Waals surface area contributed by atoms with E-state index in [1.165, 1.54) is 29.2 Å². The molecule has 0 saturated carbocycles. The minimum absolute atomic E-state index is 0.0584. The summed E-state index contributed by atoms with van der Waals surface area (Å²) < 4.78 is 52.6. The molecule has 10 heteroatoms. The molecule has 0 aromatic carbocycles. The summed E-state index contributed by atoms with van der Waals surface area (Å²) in [5.74, 6) is 0.489. The topological polar surface area (TPSA) is 56.5 Å². The van der Waals surface area contributed by atoms with Crippen LogP contribution in [0.4, 0.5) is 17.6 Å². The third-order valence-corrected chi connectivity index (χ3v) is 3.47. The Hall–Kier alpha value is -2.55. The van der Waals surface area contributed by atoms with Crippen molar-refractivity contribution in [1.29, 1.82) is 0 Å². The predicted molar refractivity (Wildman–Crippen MR) is 81.5 cm³/mol. The largest absolute Gasteiger partial charge is 0.323 e. The number of hydrogen-bond acceptors (Lipinski definition) is 4. The van der Waals surface area contributed by atoms with Gasteiger partial charge < -0.3 is 4.57 Å². The van der Waals surface area contributed by atoms with Crippen LogP contribution < -0.4 is 0 Å². The number of aromatic nitrogens is 5. The molecule has 0 aliphatic rings. The van der Waals surface area contributed by atoms with Crippen molar-refractivity contribution in [2.75, 3.05) is 0 Å². The maximum Gasteiger partial charge on any atom is 0.281 e.